The van der Waals surface area contributed by atoms with Crippen molar-refractivity contribution in [3.05, 3.63) is 89.5 Å². The molecule has 1 aliphatic heterocycles. The number of benzene rings is 3. The van der Waals surface area contributed by atoms with Crippen LogP contribution in [0.25, 0.3) is 0 Å². The lowest BCUT2D eigenvalue weighted by molar-refractivity contribution is -0.116. The third kappa shape index (κ3) is 3.67. The van der Waals surface area contributed by atoms with Crippen LogP contribution in [0.4, 0.5) is 17.1 Å². The van der Waals surface area contributed by atoms with Crippen LogP contribution in [0.1, 0.15) is 23.6 Å². The van der Waals surface area contributed by atoms with Gasteiger partial charge >= 0.3 is 0 Å². The Bertz CT molecular complexity index is 1030. The fraction of sp³-hybridized carbons (Fsp3) is 0.167. The highest BCUT2D eigenvalue weighted by molar-refractivity contribution is 6.02. The molecule has 4 rings (SSSR count). The fourth-order valence-corrected chi connectivity index (χ4v) is 3.73. The minimum absolute atomic E-state index is 0.0386. The van der Waals surface area contributed by atoms with Crippen LogP contribution in [0.15, 0.2) is 72.8 Å². The second kappa shape index (κ2) is 7.69. The molecule has 3 aromatic rings. The lowest BCUT2D eigenvalue weighted by atomic mass is 10.0. The van der Waals surface area contributed by atoms with Gasteiger partial charge in [0.15, 0.2) is 0 Å². The predicted molar refractivity (Wildman–Crippen MR) is 112 cm³/mol. The molecule has 0 fully saturated rings. The molecule has 3 aromatic carbocycles. The Morgan fingerprint density at radius 1 is 0.857 bits per heavy atom. The van der Waals surface area contributed by atoms with Crippen molar-refractivity contribution in [1.82, 2.24) is 0 Å². The Balaban J connectivity index is 1.64. The van der Waals surface area contributed by atoms with Crippen LogP contribution in [0.5, 0.6) is 0 Å². The maximum Gasteiger partial charge on any atom is 0.228 e. The lowest BCUT2D eigenvalue weighted by Gasteiger charge is -2.24. The summed E-state index contributed by atoms with van der Waals surface area (Å²) in [4.78, 5) is 26.7. The van der Waals surface area contributed by atoms with Gasteiger partial charge in [0.25, 0.3) is 0 Å². The average molecular weight is 370 g/mol. The Morgan fingerprint density at radius 2 is 1.54 bits per heavy atom. The van der Waals surface area contributed by atoms with Crippen LogP contribution in [0.2, 0.25) is 0 Å². The SMILES string of the molecule is CC(=O)N1c2ccccc2CCc2ccc(NC(=O)Cc3ccccc3)cc21. The molecule has 0 bridgehead atoms. The number of hydrogen-bond donors (Lipinski definition) is 1. The minimum Gasteiger partial charge on any atom is -0.326 e. The second-order valence-electron chi connectivity index (χ2n) is 7.04. The molecule has 0 saturated carbocycles. The second-order valence-corrected chi connectivity index (χ2v) is 7.04. The summed E-state index contributed by atoms with van der Waals surface area (Å²) < 4.78 is 0. The monoisotopic (exact) mass is 370 g/mol. The fourth-order valence-electron chi connectivity index (χ4n) is 3.73. The predicted octanol–water partition coefficient (Wildman–Crippen LogP) is 4.65. The van der Waals surface area contributed by atoms with Gasteiger partial charge in [-0.25, -0.2) is 0 Å². The van der Waals surface area contributed by atoms with E-state index in [1.54, 1.807) is 11.8 Å². The van der Waals surface area contributed by atoms with Gasteiger partial charge in [-0.05, 0) is 47.7 Å². The van der Waals surface area contributed by atoms with E-state index in [9.17, 15) is 9.59 Å². The van der Waals surface area contributed by atoms with Gasteiger partial charge < -0.3 is 5.32 Å². The quantitative estimate of drug-likeness (QED) is 0.729. The third-order valence-corrected chi connectivity index (χ3v) is 5.03. The molecule has 4 heteroatoms. The van der Waals surface area contributed by atoms with Crippen LogP contribution >= 0.6 is 0 Å². The van der Waals surface area contributed by atoms with Gasteiger partial charge in [0.05, 0.1) is 17.8 Å². The molecule has 0 aliphatic carbocycles. The first-order chi connectivity index (χ1) is 13.6. The first kappa shape index (κ1) is 18.0. The van der Waals surface area contributed by atoms with E-state index in [4.69, 9.17) is 0 Å². The van der Waals surface area contributed by atoms with Crippen molar-refractivity contribution in [2.75, 3.05) is 10.2 Å². The van der Waals surface area contributed by atoms with Crippen molar-refractivity contribution >= 4 is 28.9 Å². The first-order valence-corrected chi connectivity index (χ1v) is 9.47. The number of nitrogens with one attached hydrogen (secondary N) is 1. The number of hydrogen-bond acceptors (Lipinski definition) is 2. The van der Waals surface area contributed by atoms with Crippen molar-refractivity contribution in [2.24, 2.45) is 0 Å². The van der Waals surface area contributed by atoms with Crippen LogP contribution in [0.3, 0.4) is 0 Å². The Morgan fingerprint density at radius 3 is 2.29 bits per heavy atom. The number of fused-ring (bicyclic) bond motifs is 2. The zero-order valence-corrected chi connectivity index (χ0v) is 15.8. The molecule has 4 nitrogen and oxygen atoms in total. The molecular weight excluding hydrogens is 348 g/mol. The number of para-hydroxylation sites is 1. The maximum absolute atomic E-state index is 12.5. The molecule has 0 aromatic heterocycles. The van der Waals surface area contributed by atoms with Crippen LogP contribution in [0, 0.1) is 0 Å². The standard InChI is InChI=1S/C24H22N2O2/c1-17(27)26-22-10-6-5-9-19(22)11-12-20-13-14-21(16-23(20)26)25-24(28)15-18-7-3-2-4-8-18/h2-10,13-14,16H,11-12,15H2,1H3,(H,25,28). The van der Waals surface area contributed by atoms with E-state index in [2.05, 4.69) is 11.4 Å². The molecule has 140 valence electrons. The van der Waals surface area contributed by atoms with E-state index >= 15 is 0 Å². The Labute approximate surface area is 164 Å². The summed E-state index contributed by atoms with van der Waals surface area (Å²) in [7, 11) is 0. The number of carbonyl (C=O) groups excluding carboxylic acids is 2. The average Bonchev–Trinajstić information content (AvgIpc) is 2.85. The normalized spacial score (nSPS) is 12.5. The summed E-state index contributed by atoms with van der Waals surface area (Å²) in [5.74, 6) is -0.113. The third-order valence-electron chi connectivity index (χ3n) is 5.03. The van der Waals surface area contributed by atoms with E-state index in [-0.39, 0.29) is 11.8 Å². The summed E-state index contributed by atoms with van der Waals surface area (Å²) in [6, 6.07) is 23.5. The highest BCUT2D eigenvalue weighted by Gasteiger charge is 2.23. The lowest BCUT2D eigenvalue weighted by Crippen LogP contribution is -2.24. The maximum atomic E-state index is 12.5. The Hall–Kier alpha value is -3.40. The molecule has 0 unspecified atom stereocenters. The van der Waals surface area contributed by atoms with Crippen LogP contribution < -0.4 is 10.2 Å². The molecule has 1 aliphatic rings. The minimum atomic E-state index is -0.0745. The van der Waals surface area contributed by atoms with E-state index in [0.29, 0.717) is 12.1 Å². The number of nitrogens with zero attached hydrogens (tertiary/aromatic N) is 1. The molecule has 1 N–H and O–H groups in total. The molecule has 1 heterocycles. The number of aryl methyl sites for hydroxylation is 2. The molecule has 28 heavy (non-hydrogen) atoms. The zero-order chi connectivity index (χ0) is 19.5. The van der Waals surface area contributed by atoms with Gasteiger partial charge in [-0.1, -0.05) is 54.6 Å². The largest absolute Gasteiger partial charge is 0.326 e. The van der Waals surface area contributed by atoms with E-state index < -0.39 is 0 Å². The van der Waals surface area contributed by atoms with Crippen molar-refractivity contribution in [3.63, 3.8) is 0 Å². The van der Waals surface area contributed by atoms with Crippen molar-refractivity contribution in [2.45, 2.75) is 26.2 Å². The Kier molecular flexibility index (Phi) is 4.94. The van der Waals surface area contributed by atoms with Crippen molar-refractivity contribution in [1.29, 1.82) is 0 Å². The number of carbonyl (C=O) groups is 2. The van der Waals surface area contributed by atoms with Gasteiger partial charge in [-0.15, -0.1) is 0 Å². The first-order valence-electron chi connectivity index (χ1n) is 9.47. The highest BCUT2D eigenvalue weighted by Crippen LogP contribution is 2.37. The summed E-state index contributed by atoms with van der Waals surface area (Å²) in [5, 5.41) is 2.97. The summed E-state index contributed by atoms with van der Waals surface area (Å²) in [5.41, 5.74) is 5.69. The van der Waals surface area contributed by atoms with Gasteiger partial charge in [0, 0.05) is 12.6 Å². The molecule has 0 saturated heterocycles. The van der Waals surface area contributed by atoms with Gasteiger partial charge in [-0.3, -0.25) is 14.5 Å². The van der Waals surface area contributed by atoms with Crippen molar-refractivity contribution in [3.8, 4) is 0 Å². The van der Waals surface area contributed by atoms with Crippen molar-refractivity contribution < 1.29 is 9.59 Å². The molecule has 0 radical (unpaired) electrons. The zero-order valence-electron chi connectivity index (χ0n) is 15.8. The summed E-state index contributed by atoms with van der Waals surface area (Å²) in [6.07, 6.45) is 2.05. The highest BCUT2D eigenvalue weighted by atomic mass is 16.2. The molecule has 2 amide bonds. The van der Waals surface area contributed by atoms with E-state index in [1.165, 1.54) is 0 Å². The van der Waals surface area contributed by atoms with Crippen LogP contribution in [-0.2, 0) is 28.9 Å². The number of rotatable bonds is 3. The molecule has 0 spiro atoms. The number of amides is 2. The van der Waals surface area contributed by atoms with Crippen LogP contribution in [-0.4, -0.2) is 11.8 Å². The van der Waals surface area contributed by atoms with Gasteiger partial charge in [0.1, 0.15) is 0 Å². The van der Waals surface area contributed by atoms with Gasteiger partial charge in [-0.2, -0.15) is 0 Å². The van der Waals surface area contributed by atoms with E-state index in [0.717, 1.165) is 40.9 Å². The summed E-state index contributed by atoms with van der Waals surface area (Å²) in [6.45, 7) is 1.58. The summed E-state index contributed by atoms with van der Waals surface area (Å²) >= 11 is 0. The topological polar surface area (TPSA) is 49.4 Å². The smallest absolute Gasteiger partial charge is 0.228 e. The van der Waals surface area contributed by atoms with Gasteiger partial charge in [0.2, 0.25) is 11.8 Å². The van der Waals surface area contributed by atoms with E-state index in [1.807, 2.05) is 66.7 Å². The molecular formula is C24H22N2O2. The number of anilines is 3. The molecule has 0 atom stereocenters.